The van der Waals surface area contributed by atoms with Gasteiger partial charge in [0, 0.05) is 0 Å². The molecule has 0 saturated heterocycles. The lowest BCUT2D eigenvalue weighted by molar-refractivity contribution is -0.121. The van der Waals surface area contributed by atoms with Gasteiger partial charge in [0.15, 0.2) is 0 Å². The zero-order valence-electron chi connectivity index (χ0n) is 12.3. The predicted molar refractivity (Wildman–Crippen MR) is 82.6 cm³/mol. The quantitative estimate of drug-likeness (QED) is 0.898. The van der Waals surface area contributed by atoms with Crippen LogP contribution in [0.15, 0.2) is 48.5 Å². The number of carbonyl (C=O) groups is 1. The third kappa shape index (κ3) is 3.70. The van der Waals surface area contributed by atoms with E-state index in [-0.39, 0.29) is 11.9 Å². The Bertz CT molecular complexity index is 590. The summed E-state index contributed by atoms with van der Waals surface area (Å²) < 4.78 is 0. The summed E-state index contributed by atoms with van der Waals surface area (Å²) in [4.78, 5) is 12.1. The summed E-state index contributed by atoms with van der Waals surface area (Å²) in [6.45, 7) is 6.19. The van der Waals surface area contributed by atoms with Gasteiger partial charge in [0.1, 0.15) is 0 Å². The molecule has 20 heavy (non-hydrogen) atoms. The fraction of sp³-hybridized carbons (Fsp3) is 0.278. The summed E-state index contributed by atoms with van der Waals surface area (Å²) in [6, 6.07) is 16.2. The van der Waals surface area contributed by atoms with Gasteiger partial charge >= 0.3 is 0 Å². The molecule has 1 amide bonds. The van der Waals surface area contributed by atoms with Gasteiger partial charge in [0.05, 0.1) is 12.5 Å². The lowest BCUT2D eigenvalue weighted by atomic mass is 10.00. The van der Waals surface area contributed by atoms with Crippen molar-refractivity contribution in [2.75, 3.05) is 0 Å². The van der Waals surface area contributed by atoms with Crippen LogP contribution in [-0.4, -0.2) is 5.91 Å². The Kier molecular flexibility index (Phi) is 4.57. The first kappa shape index (κ1) is 14.3. The molecule has 0 saturated carbocycles. The molecular formula is C18H21NO. The Morgan fingerprint density at radius 3 is 2.45 bits per heavy atom. The maximum Gasteiger partial charge on any atom is 0.224 e. The average molecular weight is 267 g/mol. The van der Waals surface area contributed by atoms with Crippen LogP contribution >= 0.6 is 0 Å². The number of nitrogens with one attached hydrogen (secondary N) is 1. The lowest BCUT2D eigenvalue weighted by Crippen LogP contribution is -2.28. The Labute approximate surface area is 120 Å². The standard InChI is InChI=1S/C18H21NO/c1-13-9-10-17(14(2)11-13)15(3)19-18(20)12-16-7-5-4-6-8-16/h4-11,15H,12H2,1-3H3,(H,19,20)/t15-/m1/s1. The first-order valence-corrected chi connectivity index (χ1v) is 6.96. The van der Waals surface area contributed by atoms with E-state index in [4.69, 9.17) is 0 Å². The monoisotopic (exact) mass is 267 g/mol. The van der Waals surface area contributed by atoms with Crippen molar-refractivity contribution in [1.29, 1.82) is 0 Å². The summed E-state index contributed by atoms with van der Waals surface area (Å²) in [7, 11) is 0. The molecule has 2 heteroatoms. The zero-order chi connectivity index (χ0) is 14.5. The number of hydrogen-bond acceptors (Lipinski definition) is 1. The van der Waals surface area contributed by atoms with E-state index in [0.717, 1.165) is 5.56 Å². The van der Waals surface area contributed by atoms with Crippen molar-refractivity contribution in [3.8, 4) is 0 Å². The van der Waals surface area contributed by atoms with Crippen LogP contribution in [0.5, 0.6) is 0 Å². The van der Waals surface area contributed by atoms with Crippen LogP contribution in [0, 0.1) is 13.8 Å². The highest BCUT2D eigenvalue weighted by Crippen LogP contribution is 2.18. The summed E-state index contributed by atoms with van der Waals surface area (Å²) in [5.74, 6) is 0.0590. The van der Waals surface area contributed by atoms with Gasteiger partial charge in [-0.3, -0.25) is 4.79 Å². The van der Waals surface area contributed by atoms with Crippen molar-refractivity contribution in [3.05, 3.63) is 70.8 Å². The smallest absolute Gasteiger partial charge is 0.224 e. The van der Waals surface area contributed by atoms with Crippen molar-refractivity contribution in [3.63, 3.8) is 0 Å². The van der Waals surface area contributed by atoms with Gasteiger partial charge in [-0.25, -0.2) is 0 Å². The van der Waals surface area contributed by atoms with E-state index < -0.39 is 0 Å². The molecule has 1 N–H and O–H groups in total. The van der Waals surface area contributed by atoms with Crippen LogP contribution < -0.4 is 5.32 Å². The van der Waals surface area contributed by atoms with Gasteiger partial charge in [-0.15, -0.1) is 0 Å². The molecule has 1 atom stereocenters. The largest absolute Gasteiger partial charge is 0.349 e. The molecule has 0 aliphatic rings. The minimum absolute atomic E-state index is 0.0341. The Morgan fingerprint density at radius 2 is 1.80 bits per heavy atom. The normalized spacial score (nSPS) is 11.9. The second-order valence-corrected chi connectivity index (χ2v) is 5.31. The first-order valence-electron chi connectivity index (χ1n) is 6.96. The zero-order valence-corrected chi connectivity index (χ0v) is 12.3. The molecule has 104 valence electrons. The number of rotatable bonds is 4. The van der Waals surface area contributed by atoms with Crippen LogP contribution in [0.3, 0.4) is 0 Å². The fourth-order valence-electron chi connectivity index (χ4n) is 2.46. The molecule has 0 aliphatic heterocycles. The van der Waals surface area contributed by atoms with E-state index in [9.17, 15) is 4.79 Å². The molecule has 0 fully saturated rings. The number of hydrogen-bond donors (Lipinski definition) is 1. The average Bonchev–Trinajstić information content (AvgIpc) is 2.39. The molecule has 0 aromatic heterocycles. The van der Waals surface area contributed by atoms with Gasteiger partial charge in [-0.1, -0.05) is 54.1 Å². The number of benzene rings is 2. The maximum atomic E-state index is 12.1. The molecule has 2 nitrogen and oxygen atoms in total. The summed E-state index contributed by atoms with van der Waals surface area (Å²) >= 11 is 0. The van der Waals surface area contributed by atoms with Crippen LogP contribution in [0.4, 0.5) is 0 Å². The van der Waals surface area contributed by atoms with Gasteiger partial charge in [0.25, 0.3) is 0 Å². The molecule has 0 heterocycles. The molecule has 0 bridgehead atoms. The molecule has 2 aromatic carbocycles. The highest BCUT2D eigenvalue weighted by molar-refractivity contribution is 5.79. The topological polar surface area (TPSA) is 29.1 Å². The molecular weight excluding hydrogens is 246 g/mol. The SMILES string of the molecule is Cc1ccc([C@@H](C)NC(=O)Cc2ccccc2)c(C)c1. The van der Waals surface area contributed by atoms with Gasteiger partial charge in [0.2, 0.25) is 5.91 Å². The van der Waals surface area contributed by atoms with Crippen LogP contribution in [-0.2, 0) is 11.2 Å². The molecule has 0 radical (unpaired) electrons. The molecule has 0 unspecified atom stereocenters. The molecule has 0 aliphatic carbocycles. The van der Waals surface area contributed by atoms with Crippen LogP contribution in [0.1, 0.15) is 35.2 Å². The molecule has 2 aromatic rings. The number of carbonyl (C=O) groups excluding carboxylic acids is 1. The Hall–Kier alpha value is -2.09. The van der Waals surface area contributed by atoms with Crippen molar-refractivity contribution in [2.45, 2.75) is 33.2 Å². The third-order valence-corrected chi connectivity index (χ3v) is 3.48. The molecule has 0 spiro atoms. The summed E-state index contributed by atoms with van der Waals surface area (Å²) in [6.07, 6.45) is 0.427. The van der Waals surface area contributed by atoms with Gasteiger partial charge in [-0.05, 0) is 37.5 Å². The molecule has 2 rings (SSSR count). The van der Waals surface area contributed by atoms with E-state index in [1.54, 1.807) is 0 Å². The maximum absolute atomic E-state index is 12.1. The Balaban J connectivity index is 2.00. The van der Waals surface area contributed by atoms with Gasteiger partial charge in [-0.2, -0.15) is 0 Å². The lowest BCUT2D eigenvalue weighted by Gasteiger charge is -2.17. The fourth-order valence-corrected chi connectivity index (χ4v) is 2.46. The predicted octanol–water partition coefficient (Wildman–Crippen LogP) is 3.72. The van der Waals surface area contributed by atoms with E-state index in [1.807, 2.05) is 37.3 Å². The minimum Gasteiger partial charge on any atom is -0.349 e. The van der Waals surface area contributed by atoms with Crippen molar-refractivity contribution < 1.29 is 4.79 Å². The van der Waals surface area contributed by atoms with Crippen molar-refractivity contribution in [1.82, 2.24) is 5.32 Å². The van der Waals surface area contributed by atoms with E-state index in [0.29, 0.717) is 6.42 Å². The highest BCUT2D eigenvalue weighted by Gasteiger charge is 2.12. The minimum atomic E-state index is 0.0341. The third-order valence-electron chi connectivity index (χ3n) is 3.48. The first-order chi connectivity index (χ1) is 9.56. The highest BCUT2D eigenvalue weighted by atomic mass is 16.1. The van der Waals surface area contributed by atoms with Crippen LogP contribution in [0.25, 0.3) is 0 Å². The number of amides is 1. The Morgan fingerprint density at radius 1 is 1.10 bits per heavy atom. The van der Waals surface area contributed by atoms with Crippen molar-refractivity contribution in [2.24, 2.45) is 0 Å². The van der Waals surface area contributed by atoms with E-state index in [1.165, 1.54) is 16.7 Å². The van der Waals surface area contributed by atoms with Crippen molar-refractivity contribution >= 4 is 5.91 Å². The summed E-state index contributed by atoms with van der Waals surface area (Å²) in [5.41, 5.74) is 4.68. The van der Waals surface area contributed by atoms with Crippen LogP contribution in [0.2, 0.25) is 0 Å². The second-order valence-electron chi connectivity index (χ2n) is 5.31. The number of aryl methyl sites for hydroxylation is 2. The van der Waals surface area contributed by atoms with Gasteiger partial charge < -0.3 is 5.32 Å². The summed E-state index contributed by atoms with van der Waals surface area (Å²) in [5, 5.41) is 3.07. The van der Waals surface area contributed by atoms with E-state index >= 15 is 0 Å². The van der Waals surface area contributed by atoms with E-state index in [2.05, 4.69) is 37.4 Å². The second kappa shape index (κ2) is 6.38.